The minimum absolute atomic E-state index is 0.00196. The van der Waals surface area contributed by atoms with Crippen LogP contribution < -0.4 is 0 Å². The van der Waals surface area contributed by atoms with E-state index in [2.05, 4.69) is 15.9 Å². The van der Waals surface area contributed by atoms with Gasteiger partial charge < -0.3 is 4.74 Å². The molecule has 2 aliphatic rings. The molecule has 0 aromatic rings. The summed E-state index contributed by atoms with van der Waals surface area (Å²) in [4.78, 5) is 0. The van der Waals surface area contributed by atoms with Gasteiger partial charge in [-0.3, -0.25) is 0 Å². The molecule has 0 bridgehead atoms. The van der Waals surface area contributed by atoms with E-state index in [1.807, 2.05) is 0 Å². The first-order chi connectivity index (χ1) is 8.14. The van der Waals surface area contributed by atoms with Crippen LogP contribution in [0.25, 0.3) is 0 Å². The molecule has 1 aliphatic heterocycles. The van der Waals surface area contributed by atoms with E-state index in [1.165, 1.54) is 6.42 Å². The van der Waals surface area contributed by atoms with Crippen LogP contribution in [0.2, 0.25) is 0 Å². The van der Waals surface area contributed by atoms with Crippen molar-refractivity contribution in [3.8, 4) is 0 Å². The standard InChI is InChI=1S/C11H20BrNO3S/c12-8-10-9-13(6-7-16-10)17(14,15)11-4-2-1-3-5-11/h10-11H,1-9H2. The number of nitrogens with zero attached hydrogens (tertiary/aromatic N) is 1. The maximum atomic E-state index is 12.5. The zero-order valence-electron chi connectivity index (χ0n) is 9.98. The monoisotopic (exact) mass is 325 g/mol. The second-order valence-corrected chi connectivity index (χ2v) is 7.67. The summed E-state index contributed by atoms with van der Waals surface area (Å²) in [6.07, 6.45) is 4.95. The maximum Gasteiger partial charge on any atom is 0.217 e. The van der Waals surface area contributed by atoms with Crippen molar-refractivity contribution in [2.24, 2.45) is 0 Å². The van der Waals surface area contributed by atoms with Gasteiger partial charge in [-0.05, 0) is 12.8 Å². The Kier molecular flexibility index (Phi) is 4.86. The number of halogens is 1. The molecule has 1 heterocycles. The molecule has 2 fully saturated rings. The van der Waals surface area contributed by atoms with Crippen LogP contribution in [0, 0.1) is 0 Å². The lowest BCUT2D eigenvalue weighted by atomic mass is 10.0. The number of rotatable bonds is 3. The zero-order chi connectivity index (χ0) is 12.3. The fourth-order valence-corrected chi connectivity index (χ4v) is 5.04. The first kappa shape index (κ1) is 13.8. The molecule has 1 saturated heterocycles. The molecule has 4 nitrogen and oxygen atoms in total. The van der Waals surface area contributed by atoms with Gasteiger partial charge in [-0.2, -0.15) is 4.31 Å². The summed E-state index contributed by atoms with van der Waals surface area (Å²) in [5.74, 6) is 0. The van der Waals surface area contributed by atoms with Crippen molar-refractivity contribution in [3.63, 3.8) is 0 Å². The van der Waals surface area contributed by atoms with Crippen molar-refractivity contribution in [2.45, 2.75) is 43.5 Å². The number of morpholine rings is 1. The second-order valence-electron chi connectivity index (χ2n) is 4.81. The van der Waals surface area contributed by atoms with Gasteiger partial charge in [-0.15, -0.1) is 0 Å². The summed E-state index contributed by atoms with van der Waals surface area (Å²) in [5.41, 5.74) is 0. The summed E-state index contributed by atoms with van der Waals surface area (Å²) in [5, 5.41) is 0.550. The van der Waals surface area contributed by atoms with Crippen molar-refractivity contribution >= 4 is 26.0 Å². The Labute approximate surface area is 112 Å². The molecule has 1 atom stereocenters. The molecule has 1 saturated carbocycles. The van der Waals surface area contributed by atoms with Gasteiger partial charge in [0.25, 0.3) is 0 Å². The van der Waals surface area contributed by atoms with Gasteiger partial charge >= 0.3 is 0 Å². The number of sulfonamides is 1. The fraction of sp³-hybridized carbons (Fsp3) is 1.00. The van der Waals surface area contributed by atoms with E-state index in [-0.39, 0.29) is 11.4 Å². The molecule has 0 N–H and O–H groups in total. The smallest absolute Gasteiger partial charge is 0.217 e. The Morgan fingerprint density at radius 3 is 2.59 bits per heavy atom. The Morgan fingerprint density at radius 1 is 1.24 bits per heavy atom. The van der Waals surface area contributed by atoms with Gasteiger partial charge in [-0.25, -0.2) is 8.42 Å². The van der Waals surface area contributed by atoms with Gasteiger partial charge in [-0.1, -0.05) is 35.2 Å². The molecule has 17 heavy (non-hydrogen) atoms. The van der Waals surface area contributed by atoms with Crippen molar-refractivity contribution < 1.29 is 13.2 Å². The van der Waals surface area contributed by atoms with Crippen molar-refractivity contribution in [3.05, 3.63) is 0 Å². The van der Waals surface area contributed by atoms with Crippen LogP contribution >= 0.6 is 15.9 Å². The Balaban J connectivity index is 2.03. The minimum Gasteiger partial charge on any atom is -0.375 e. The van der Waals surface area contributed by atoms with Crippen LogP contribution in [0.1, 0.15) is 32.1 Å². The normalized spacial score (nSPS) is 29.4. The van der Waals surface area contributed by atoms with Crippen LogP contribution in [0.3, 0.4) is 0 Å². The van der Waals surface area contributed by atoms with Crippen LogP contribution in [-0.4, -0.2) is 49.1 Å². The highest BCUT2D eigenvalue weighted by Gasteiger charge is 2.35. The predicted molar refractivity (Wildman–Crippen MR) is 70.9 cm³/mol. The van der Waals surface area contributed by atoms with Crippen LogP contribution in [0.4, 0.5) is 0 Å². The molecular formula is C11H20BrNO3S. The van der Waals surface area contributed by atoms with E-state index in [4.69, 9.17) is 4.74 Å². The molecule has 0 radical (unpaired) electrons. The van der Waals surface area contributed by atoms with E-state index < -0.39 is 10.0 Å². The predicted octanol–water partition coefficient (Wildman–Crippen LogP) is 1.74. The van der Waals surface area contributed by atoms with E-state index in [1.54, 1.807) is 4.31 Å². The van der Waals surface area contributed by atoms with Crippen LogP contribution in [-0.2, 0) is 14.8 Å². The fourth-order valence-electron chi connectivity index (χ4n) is 2.59. The third-order valence-corrected chi connectivity index (χ3v) is 6.69. The van der Waals surface area contributed by atoms with Gasteiger partial charge in [0.05, 0.1) is 18.0 Å². The average molecular weight is 326 g/mol. The SMILES string of the molecule is O=S(=O)(C1CCCCC1)N1CCOC(CBr)C1. The lowest BCUT2D eigenvalue weighted by Gasteiger charge is -2.35. The van der Waals surface area contributed by atoms with E-state index in [0.29, 0.717) is 25.0 Å². The molecular weight excluding hydrogens is 306 g/mol. The number of hydrogen-bond acceptors (Lipinski definition) is 3. The third-order valence-electron chi connectivity index (χ3n) is 3.61. The van der Waals surface area contributed by atoms with Crippen LogP contribution in [0.15, 0.2) is 0 Å². The van der Waals surface area contributed by atoms with Gasteiger partial charge in [0.1, 0.15) is 0 Å². The molecule has 2 rings (SSSR count). The van der Waals surface area contributed by atoms with Crippen molar-refractivity contribution in [2.75, 3.05) is 25.0 Å². The summed E-state index contributed by atoms with van der Waals surface area (Å²) in [6.45, 7) is 1.54. The van der Waals surface area contributed by atoms with E-state index >= 15 is 0 Å². The molecule has 1 unspecified atom stereocenters. The Hall–Kier alpha value is 0.350. The number of hydrogen-bond donors (Lipinski definition) is 0. The maximum absolute atomic E-state index is 12.5. The van der Waals surface area contributed by atoms with E-state index in [9.17, 15) is 8.42 Å². The Bertz CT molecular complexity index is 341. The lowest BCUT2D eigenvalue weighted by molar-refractivity contribution is 0.0132. The highest BCUT2D eigenvalue weighted by atomic mass is 79.9. The van der Waals surface area contributed by atoms with Gasteiger partial charge in [0.15, 0.2) is 0 Å². The van der Waals surface area contributed by atoms with Gasteiger partial charge in [0.2, 0.25) is 10.0 Å². The van der Waals surface area contributed by atoms with Crippen LogP contribution in [0.5, 0.6) is 0 Å². The largest absolute Gasteiger partial charge is 0.375 e. The van der Waals surface area contributed by atoms with Crippen molar-refractivity contribution in [1.29, 1.82) is 0 Å². The molecule has 1 aliphatic carbocycles. The summed E-state index contributed by atoms with van der Waals surface area (Å²) < 4.78 is 32.0. The molecule has 6 heteroatoms. The summed E-state index contributed by atoms with van der Waals surface area (Å²) in [7, 11) is -3.10. The van der Waals surface area contributed by atoms with E-state index in [0.717, 1.165) is 25.7 Å². The molecule has 100 valence electrons. The number of ether oxygens (including phenoxy) is 1. The average Bonchev–Trinajstić information content (AvgIpc) is 2.40. The molecule has 0 amide bonds. The second kappa shape index (κ2) is 5.99. The first-order valence-corrected chi connectivity index (χ1v) is 8.93. The lowest BCUT2D eigenvalue weighted by Crippen LogP contribution is -2.49. The molecule has 0 spiro atoms. The summed E-state index contributed by atoms with van der Waals surface area (Å²) in [6, 6.07) is 0. The Morgan fingerprint density at radius 2 is 1.94 bits per heavy atom. The highest BCUT2D eigenvalue weighted by molar-refractivity contribution is 9.09. The molecule has 0 aromatic heterocycles. The third kappa shape index (κ3) is 3.22. The molecule has 0 aromatic carbocycles. The summed E-state index contributed by atoms with van der Waals surface area (Å²) >= 11 is 3.35. The topological polar surface area (TPSA) is 46.6 Å². The van der Waals surface area contributed by atoms with Gasteiger partial charge in [0, 0.05) is 18.4 Å². The zero-order valence-corrected chi connectivity index (χ0v) is 12.4. The first-order valence-electron chi connectivity index (χ1n) is 6.31. The quantitative estimate of drug-likeness (QED) is 0.742. The van der Waals surface area contributed by atoms with Crippen molar-refractivity contribution in [1.82, 2.24) is 4.31 Å². The number of alkyl halides is 1. The highest BCUT2D eigenvalue weighted by Crippen LogP contribution is 2.27. The minimum atomic E-state index is -3.10.